The van der Waals surface area contributed by atoms with Crippen LogP contribution < -0.4 is 5.32 Å². The first-order chi connectivity index (χ1) is 8.52. The largest absolute Gasteiger partial charge is 0.369 e. The summed E-state index contributed by atoms with van der Waals surface area (Å²) in [6, 6.07) is 2.60. The van der Waals surface area contributed by atoms with E-state index >= 15 is 0 Å². The first-order valence-corrected chi connectivity index (χ1v) is 6.78. The van der Waals surface area contributed by atoms with Crippen LogP contribution in [0.15, 0.2) is 16.6 Å². The monoisotopic (exact) mass is 319 g/mol. The molecule has 0 bridgehead atoms. The van der Waals surface area contributed by atoms with Crippen molar-refractivity contribution in [3.63, 3.8) is 0 Å². The third-order valence-electron chi connectivity index (χ3n) is 3.26. The molecule has 1 N–H and O–H groups in total. The summed E-state index contributed by atoms with van der Waals surface area (Å²) in [5.74, 6) is -1.15. The Morgan fingerprint density at radius 3 is 2.89 bits per heavy atom. The van der Waals surface area contributed by atoms with Crippen LogP contribution in [-0.4, -0.2) is 18.7 Å². The highest BCUT2D eigenvalue weighted by atomic mass is 79.9. The average Bonchev–Trinajstić information content (AvgIpc) is 2.35. The first kappa shape index (κ1) is 13.9. The van der Waals surface area contributed by atoms with Crippen LogP contribution in [0.2, 0.25) is 0 Å². The summed E-state index contributed by atoms with van der Waals surface area (Å²) in [4.78, 5) is 0. The van der Waals surface area contributed by atoms with Crippen molar-refractivity contribution in [3.8, 4) is 0 Å². The lowest BCUT2D eigenvalue weighted by molar-refractivity contribution is -0.0589. The van der Waals surface area contributed by atoms with E-state index in [0.717, 1.165) is 19.4 Å². The highest BCUT2D eigenvalue weighted by Gasteiger charge is 2.28. The number of piperidine rings is 1. The molecule has 1 fully saturated rings. The zero-order chi connectivity index (χ0) is 13.2. The summed E-state index contributed by atoms with van der Waals surface area (Å²) in [5.41, 5.74) is -0.365. The van der Waals surface area contributed by atoms with Crippen LogP contribution in [0.3, 0.4) is 0 Å². The molecule has 1 unspecified atom stereocenters. The van der Waals surface area contributed by atoms with E-state index in [-0.39, 0.29) is 22.2 Å². The van der Waals surface area contributed by atoms with Crippen LogP contribution in [0, 0.1) is 11.6 Å². The molecule has 5 heteroatoms. The van der Waals surface area contributed by atoms with Gasteiger partial charge in [-0.3, -0.25) is 0 Å². The molecular weight excluding hydrogens is 304 g/mol. The topological polar surface area (TPSA) is 21.3 Å². The Morgan fingerprint density at radius 2 is 2.22 bits per heavy atom. The van der Waals surface area contributed by atoms with Gasteiger partial charge in [-0.2, -0.15) is 0 Å². The molecule has 0 amide bonds. The lowest BCUT2D eigenvalue weighted by Gasteiger charge is -2.34. The normalized spacial score (nSPS) is 24.2. The van der Waals surface area contributed by atoms with Crippen molar-refractivity contribution < 1.29 is 13.5 Å². The highest BCUT2D eigenvalue weighted by molar-refractivity contribution is 9.10. The summed E-state index contributed by atoms with van der Waals surface area (Å²) < 4.78 is 33.3. The molecule has 0 radical (unpaired) electrons. The maximum absolute atomic E-state index is 13.8. The van der Waals surface area contributed by atoms with Gasteiger partial charge < -0.3 is 10.1 Å². The number of halogens is 3. The van der Waals surface area contributed by atoms with Gasteiger partial charge in [0.1, 0.15) is 11.6 Å². The lowest BCUT2D eigenvalue weighted by atomic mass is 9.96. The molecule has 2 nitrogen and oxygen atoms in total. The van der Waals surface area contributed by atoms with Gasteiger partial charge in [0.25, 0.3) is 0 Å². The average molecular weight is 320 g/mol. The second-order valence-corrected chi connectivity index (χ2v) is 5.69. The van der Waals surface area contributed by atoms with Gasteiger partial charge in [-0.05, 0) is 54.4 Å². The zero-order valence-corrected chi connectivity index (χ0v) is 11.8. The van der Waals surface area contributed by atoms with Crippen molar-refractivity contribution in [1.29, 1.82) is 0 Å². The number of hydrogen-bond acceptors (Lipinski definition) is 2. The Balaban J connectivity index is 2.08. The van der Waals surface area contributed by atoms with Gasteiger partial charge in [-0.1, -0.05) is 0 Å². The fourth-order valence-electron chi connectivity index (χ4n) is 2.10. The standard InChI is InChI=1S/C13H16BrF2NO/c1-13(5-2-6-17-8-13)18-7-9-11(15)4-3-10(14)12(9)16/h3-4,17H,2,5-8H2,1H3. The van der Waals surface area contributed by atoms with Gasteiger partial charge in [0, 0.05) is 6.54 Å². The molecule has 1 aromatic rings. The Bertz CT molecular complexity index is 433. The molecule has 2 rings (SSSR count). The van der Waals surface area contributed by atoms with E-state index in [9.17, 15) is 8.78 Å². The molecule has 0 saturated carbocycles. The Labute approximate surface area is 114 Å². The van der Waals surface area contributed by atoms with Crippen LogP contribution >= 0.6 is 15.9 Å². The Morgan fingerprint density at radius 1 is 1.44 bits per heavy atom. The van der Waals surface area contributed by atoms with E-state index in [0.29, 0.717) is 6.54 Å². The fraction of sp³-hybridized carbons (Fsp3) is 0.538. The van der Waals surface area contributed by atoms with Crippen LogP contribution in [0.4, 0.5) is 8.78 Å². The van der Waals surface area contributed by atoms with Gasteiger partial charge >= 0.3 is 0 Å². The minimum Gasteiger partial charge on any atom is -0.369 e. The van der Waals surface area contributed by atoms with Gasteiger partial charge in [-0.25, -0.2) is 8.78 Å². The summed E-state index contributed by atoms with van der Waals surface area (Å²) in [7, 11) is 0. The maximum Gasteiger partial charge on any atom is 0.145 e. The van der Waals surface area contributed by atoms with Crippen molar-refractivity contribution in [1.82, 2.24) is 5.32 Å². The number of hydrogen-bond donors (Lipinski definition) is 1. The van der Waals surface area contributed by atoms with Crippen molar-refractivity contribution in [2.24, 2.45) is 0 Å². The number of rotatable bonds is 3. The van der Waals surface area contributed by atoms with Gasteiger partial charge in [-0.15, -0.1) is 0 Å². The Kier molecular flexibility index (Phi) is 4.35. The molecule has 1 saturated heterocycles. The fourth-order valence-corrected chi connectivity index (χ4v) is 2.47. The van der Waals surface area contributed by atoms with E-state index in [1.54, 1.807) is 0 Å². The van der Waals surface area contributed by atoms with E-state index in [1.165, 1.54) is 12.1 Å². The van der Waals surface area contributed by atoms with Gasteiger partial charge in [0.05, 0.1) is 22.2 Å². The molecule has 0 spiro atoms. The summed E-state index contributed by atoms with van der Waals surface area (Å²) >= 11 is 3.05. The van der Waals surface area contributed by atoms with Crippen molar-refractivity contribution in [2.75, 3.05) is 13.1 Å². The molecule has 100 valence electrons. The van der Waals surface area contributed by atoms with Crippen molar-refractivity contribution in [2.45, 2.75) is 32.0 Å². The SMILES string of the molecule is CC1(OCc2c(F)ccc(Br)c2F)CCCNC1. The number of benzene rings is 1. The summed E-state index contributed by atoms with van der Waals surface area (Å²) in [6.07, 6.45) is 1.91. The smallest absolute Gasteiger partial charge is 0.145 e. The lowest BCUT2D eigenvalue weighted by Crippen LogP contribution is -2.45. The molecule has 1 aromatic carbocycles. The van der Waals surface area contributed by atoms with Crippen molar-refractivity contribution in [3.05, 3.63) is 33.8 Å². The van der Waals surface area contributed by atoms with E-state index in [4.69, 9.17) is 4.74 Å². The minimum atomic E-state index is -0.581. The van der Waals surface area contributed by atoms with Crippen LogP contribution in [0.5, 0.6) is 0 Å². The third kappa shape index (κ3) is 3.08. The molecular formula is C13H16BrF2NO. The molecule has 0 aromatic heterocycles. The second-order valence-electron chi connectivity index (χ2n) is 4.84. The second kappa shape index (κ2) is 5.63. The minimum absolute atomic E-state index is 0.0174. The molecule has 1 atom stereocenters. The highest BCUT2D eigenvalue weighted by Crippen LogP contribution is 2.26. The molecule has 1 heterocycles. The summed E-state index contributed by atoms with van der Waals surface area (Å²) in [5, 5.41) is 3.23. The molecule has 1 aliphatic heterocycles. The van der Waals surface area contributed by atoms with Crippen LogP contribution in [0.1, 0.15) is 25.3 Å². The predicted molar refractivity (Wildman–Crippen MR) is 69.4 cm³/mol. The van der Waals surface area contributed by atoms with Crippen LogP contribution in [0.25, 0.3) is 0 Å². The molecule has 1 aliphatic rings. The molecule has 18 heavy (non-hydrogen) atoms. The van der Waals surface area contributed by atoms with Crippen molar-refractivity contribution >= 4 is 15.9 Å². The predicted octanol–water partition coefficient (Wildman–Crippen LogP) is 3.39. The van der Waals surface area contributed by atoms with E-state index in [2.05, 4.69) is 21.2 Å². The maximum atomic E-state index is 13.8. The van der Waals surface area contributed by atoms with Crippen LogP contribution in [-0.2, 0) is 11.3 Å². The van der Waals surface area contributed by atoms with E-state index in [1.807, 2.05) is 6.92 Å². The zero-order valence-electron chi connectivity index (χ0n) is 10.2. The first-order valence-electron chi connectivity index (χ1n) is 5.99. The summed E-state index contributed by atoms with van der Waals surface area (Å²) in [6.45, 7) is 3.60. The molecule has 0 aliphatic carbocycles. The number of nitrogens with one attached hydrogen (secondary N) is 1. The van der Waals surface area contributed by atoms with Gasteiger partial charge in [0.2, 0.25) is 0 Å². The third-order valence-corrected chi connectivity index (χ3v) is 3.87. The Hall–Kier alpha value is -0.520. The van der Waals surface area contributed by atoms with E-state index < -0.39 is 11.6 Å². The number of ether oxygens (including phenoxy) is 1. The quantitative estimate of drug-likeness (QED) is 0.862. The van der Waals surface area contributed by atoms with Gasteiger partial charge in [0.15, 0.2) is 0 Å².